The number of carbonyl (C=O) groups excluding carboxylic acids is 1. The van der Waals surface area contributed by atoms with Crippen molar-refractivity contribution in [2.75, 3.05) is 17.1 Å². The van der Waals surface area contributed by atoms with Crippen LogP contribution in [0.3, 0.4) is 0 Å². The van der Waals surface area contributed by atoms with Gasteiger partial charge in [-0.3, -0.25) is 9.10 Å². The highest BCUT2D eigenvalue weighted by Crippen LogP contribution is 2.28. The van der Waals surface area contributed by atoms with Crippen LogP contribution in [0.5, 0.6) is 0 Å². The van der Waals surface area contributed by atoms with E-state index in [-0.39, 0.29) is 0 Å². The normalized spacial score (nSPS) is 11.9. The molecule has 1 amide bonds. The molecule has 0 fully saturated rings. The van der Waals surface area contributed by atoms with E-state index in [9.17, 15) is 13.2 Å². The van der Waals surface area contributed by atoms with E-state index < -0.39 is 22.5 Å². The summed E-state index contributed by atoms with van der Waals surface area (Å²) in [6.45, 7) is 7.54. The summed E-state index contributed by atoms with van der Waals surface area (Å²) < 4.78 is 27.7. The molecule has 1 aromatic heterocycles. The average molecular weight is 535 g/mol. The highest BCUT2D eigenvalue weighted by Gasteiger charge is 2.21. The highest BCUT2D eigenvalue weighted by atomic mass is 35.5. The lowest BCUT2D eigenvalue weighted by molar-refractivity contribution is -0.119. The van der Waals surface area contributed by atoms with Gasteiger partial charge in [0.2, 0.25) is 10.0 Å². The van der Waals surface area contributed by atoms with E-state index in [1.807, 2.05) is 36.6 Å². The molecule has 10 heteroatoms. The van der Waals surface area contributed by atoms with Gasteiger partial charge in [0.1, 0.15) is 6.54 Å². The van der Waals surface area contributed by atoms with Crippen molar-refractivity contribution >= 4 is 51.0 Å². The van der Waals surface area contributed by atoms with Crippen molar-refractivity contribution in [2.45, 2.75) is 33.6 Å². The molecular weight excluding hydrogens is 507 g/mol. The molecule has 2 aromatic carbocycles. The van der Waals surface area contributed by atoms with Crippen molar-refractivity contribution in [3.8, 4) is 5.69 Å². The minimum absolute atomic E-state index is 0.310. The zero-order valence-corrected chi connectivity index (χ0v) is 22.5. The first kappa shape index (κ1) is 26.8. The summed E-state index contributed by atoms with van der Waals surface area (Å²) in [5.41, 5.74) is 7.18. The molecule has 0 aliphatic heterocycles. The maximum Gasteiger partial charge on any atom is 0.260 e. The molecule has 0 saturated heterocycles. The van der Waals surface area contributed by atoms with Gasteiger partial charge in [-0.05, 0) is 61.7 Å². The number of halogens is 2. The summed E-state index contributed by atoms with van der Waals surface area (Å²) in [5, 5.41) is 5.15. The third-order valence-corrected chi connectivity index (χ3v) is 7.24. The number of anilines is 1. The minimum atomic E-state index is -3.68. The van der Waals surface area contributed by atoms with Crippen molar-refractivity contribution in [1.82, 2.24) is 9.99 Å². The van der Waals surface area contributed by atoms with Crippen LogP contribution in [0.15, 0.2) is 53.6 Å². The molecule has 186 valence electrons. The van der Waals surface area contributed by atoms with Crippen LogP contribution in [0.4, 0.5) is 5.69 Å². The predicted molar refractivity (Wildman–Crippen MR) is 144 cm³/mol. The minimum Gasteiger partial charge on any atom is -0.316 e. The fraction of sp³-hybridized carbons (Fsp3) is 0.280. The van der Waals surface area contributed by atoms with Gasteiger partial charge in [0, 0.05) is 22.0 Å². The Morgan fingerprint density at radius 1 is 1.11 bits per heavy atom. The average Bonchev–Trinajstić information content (AvgIpc) is 3.06. The van der Waals surface area contributed by atoms with E-state index >= 15 is 0 Å². The third-order valence-electron chi connectivity index (χ3n) is 5.55. The Labute approximate surface area is 216 Å². The fourth-order valence-corrected chi connectivity index (χ4v) is 4.94. The van der Waals surface area contributed by atoms with Gasteiger partial charge in [-0.25, -0.2) is 13.8 Å². The lowest BCUT2D eigenvalue weighted by Gasteiger charge is -2.21. The van der Waals surface area contributed by atoms with Crippen LogP contribution in [-0.4, -0.2) is 37.9 Å². The first-order valence-corrected chi connectivity index (χ1v) is 13.5. The summed E-state index contributed by atoms with van der Waals surface area (Å²) in [4.78, 5) is 12.5. The molecule has 1 heterocycles. The van der Waals surface area contributed by atoms with Crippen molar-refractivity contribution < 1.29 is 13.2 Å². The third kappa shape index (κ3) is 6.45. The Morgan fingerprint density at radius 2 is 1.77 bits per heavy atom. The molecule has 0 unspecified atom stereocenters. The number of aromatic nitrogens is 1. The van der Waals surface area contributed by atoms with E-state index in [1.54, 1.807) is 30.3 Å². The number of hydrogen-bond donors (Lipinski definition) is 1. The highest BCUT2D eigenvalue weighted by molar-refractivity contribution is 7.92. The second-order valence-electron chi connectivity index (χ2n) is 8.57. The van der Waals surface area contributed by atoms with Gasteiger partial charge in [-0.2, -0.15) is 5.10 Å². The van der Waals surface area contributed by atoms with Gasteiger partial charge < -0.3 is 4.57 Å². The summed E-state index contributed by atoms with van der Waals surface area (Å²) in [6, 6.07) is 14.2. The molecule has 3 rings (SSSR count). The Morgan fingerprint density at radius 3 is 2.37 bits per heavy atom. The first-order valence-electron chi connectivity index (χ1n) is 10.9. The van der Waals surface area contributed by atoms with E-state index in [0.717, 1.165) is 38.8 Å². The van der Waals surface area contributed by atoms with Gasteiger partial charge in [0.15, 0.2) is 0 Å². The molecule has 0 aliphatic rings. The van der Waals surface area contributed by atoms with Crippen molar-refractivity contribution in [3.05, 3.63) is 81.1 Å². The molecule has 3 aromatic rings. The lowest BCUT2D eigenvalue weighted by Crippen LogP contribution is -2.39. The number of carbonyl (C=O) groups is 1. The van der Waals surface area contributed by atoms with Crippen molar-refractivity contribution in [1.29, 1.82) is 0 Å². The Balaban J connectivity index is 1.76. The van der Waals surface area contributed by atoms with Crippen LogP contribution >= 0.6 is 23.2 Å². The maximum absolute atomic E-state index is 12.5. The van der Waals surface area contributed by atoms with Crippen LogP contribution in [0.25, 0.3) is 5.69 Å². The largest absolute Gasteiger partial charge is 0.316 e. The van der Waals surface area contributed by atoms with Crippen molar-refractivity contribution in [2.24, 2.45) is 5.10 Å². The molecule has 0 bridgehead atoms. The monoisotopic (exact) mass is 534 g/mol. The summed E-state index contributed by atoms with van der Waals surface area (Å²) in [7, 11) is -3.68. The number of benzene rings is 2. The van der Waals surface area contributed by atoms with E-state index in [1.165, 1.54) is 6.21 Å². The van der Waals surface area contributed by atoms with Gasteiger partial charge in [0.25, 0.3) is 5.91 Å². The zero-order valence-electron chi connectivity index (χ0n) is 20.2. The maximum atomic E-state index is 12.5. The van der Waals surface area contributed by atoms with Crippen LogP contribution < -0.4 is 9.73 Å². The molecule has 0 spiro atoms. The molecule has 0 radical (unpaired) electrons. The van der Waals surface area contributed by atoms with Crippen LogP contribution in [0.2, 0.25) is 10.0 Å². The smallest absolute Gasteiger partial charge is 0.260 e. The quantitative estimate of drug-likeness (QED) is 0.308. The Bertz CT molecular complexity index is 1360. The van der Waals surface area contributed by atoms with E-state index in [2.05, 4.69) is 24.4 Å². The van der Waals surface area contributed by atoms with Crippen LogP contribution in [0.1, 0.15) is 42.3 Å². The number of rotatable bonds is 8. The number of sulfonamides is 1. The number of nitrogens with zero attached hydrogens (tertiary/aromatic N) is 3. The first-order chi connectivity index (χ1) is 16.4. The molecule has 0 saturated carbocycles. The van der Waals surface area contributed by atoms with E-state index in [0.29, 0.717) is 21.7 Å². The number of hydrogen-bond acceptors (Lipinski definition) is 4. The van der Waals surface area contributed by atoms with Crippen LogP contribution in [0, 0.1) is 13.8 Å². The van der Waals surface area contributed by atoms with Gasteiger partial charge in [-0.15, -0.1) is 0 Å². The van der Waals surface area contributed by atoms with Crippen LogP contribution in [-0.2, 0) is 14.8 Å². The number of aryl methyl sites for hydroxylation is 1. The molecule has 0 aliphatic carbocycles. The molecule has 7 nitrogen and oxygen atoms in total. The standard InChI is InChI=1S/C25H28Cl2N4O3S/c1-16(2)19-6-9-22(10-7-19)30(35(5,33)34)15-25(32)29-28-14-20-12-17(3)31(18(20)4)24-13-21(26)8-11-23(24)27/h6-14,16H,15H2,1-5H3,(H,29,32)/b28-14-. The molecule has 35 heavy (non-hydrogen) atoms. The Hall–Kier alpha value is -2.81. The number of nitrogens with one attached hydrogen (secondary N) is 1. The van der Waals surface area contributed by atoms with Gasteiger partial charge >= 0.3 is 0 Å². The van der Waals surface area contributed by atoms with Crippen molar-refractivity contribution in [3.63, 3.8) is 0 Å². The fourth-order valence-electron chi connectivity index (χ4n) is 3.71. The van der Waals surface area contributed by atoms with E-state index in [4.69, 9.17) is 23.2 Å². The van der Waals surface area contributed by atoms with Gasteiger partial charge in [-0.1, -0.05) is 49.2 Å². The second kappa shape index (κ2) is 10.8. The number of amides is 1. The molecule has 0 atom stereocenters. The second-order valence-corrected chi connectivity index (χ2v) is 11.3. The molecule has 1 N–H and O–H groups in total. The lowest BCUT2D eigenvalue weighted by atomic mass is 10.0. The summed E-state index contributed by atoms with van der Waals surface area (Å²) in [5.74, 6) is -0.253. The topological polar surface area (TPSA) is 83.8 Å². The summed E-state index contributed by atoms with van der Waals surface area (Å²) >= 11 is 12.5. The Kier molecular flexibility index (Phi) is 8.30. The molecular formula is C25H28Cl2N4O3S. The summed E-state index contributed by atoms with van der Waals surface area (Å²) in [6.07, 6.45) is 2.58. The predicted octanol–water partition coefficient (Wildman–Crippen LogP) is 5.44. The zero-order chi connectivity index (χ0) is 25.9. The number of hydrazone groups is 1. The SMILES string of the molecule is Cc1cc(/C=N\NC(=O)CN(c2ccc(C(C)C)cc2)S(C)(=O)=O)c(C)n1-c1cc(Cl)ccc1Cl. The van der Waals surface area contributed by atoms with Gasteiger partial charge in [0.05, 0.1) is 28.9 Å².